The maximum Gasteiger partial charge on any atom is 0.325 e. The largest absolute Gasteiger partial charge is 0.428 e. The van der Waals surface area contributed by atoms with E-state index >= 15 is 0 Å². The molecular weight excluding hydrogens is 422 g/mol. The highest BCUT2D eigenvalue weighted by molar-refractivity contribution is 5.93. The van der Waals surface area contributed by atoms with Gasteiger partial charge in [-0.15, -0.1) is 0 Å². The number of nitriles is 1. The van der Waals surface area contributed by atoms with Crippen molar-refractivity contribution in [2.24, 2.45) is 4.99 Å². The van der Waals surface area contributed by atoms with Crippen molar-refractivity contribution in [3.8, 4) is 6.26 Å². The van der Waals surface area contributed by atoms with E-state index < -0.39 is 0 Å². The van der Waals surface area contributed by atoms with E-state index in [4.69, 9.17) is 5.26 Å². The highest BCUT2D eigenvalue weighted by Crippen LogP contribution is 2.06. The molecule has 0 radical (unpaired) electrons. The van der Waals surface area contributed by atoms with Crippen molar-refractivity contribution in [2.45, 2.75) is 96.8 Å². The van der Waals surface area contributed by atoms with Gasteiger partial charge in [0.2, 0.25) is 6.08 Å². The molecule has 0 unspecified atom stereocenters. The van der Waals surface area contributed by atoms with E-state index in [1.165, 1.54) is 36.7 Å². The summed E-state index contributed by atoms with van der Waals surface area (Å²) in [6.45, 7) is 4.51. The summed E-state index contributed by atoms with van der Waals surface area (Å²) < 4.78 is 4.66. The number of hydrogen-bond acceptors (Lipinski definition) is 6. The third-order valence-corrected chi connectivity index (χ3v) is 5.28. The number of hydrogen-bond donors (Lipinski definition) is 2. The minimum atomic E-state index is -0.367. The Morgan fingerprint density at radius 1 is 0.818 bits per heavy atom. The summed E-state index contributed by atoms with van der Waals surface area (Å²) in [7, 11) is 0. The zero-order chi connectivity index (χ0) is 24.4. The van der Waals surface area contributed by atoms with Crippen LogP contribution in [0.5, 0.6) is 0 Å². The van der Waals surface area contributed by atoms with Gasteiger partial charge in [-0.3, -0.25) is 0 Å². The fourth-order valence-electron chi connectivity index (χ4n) is 3.34. The lowest BCUT2D eigenvalue weighted by molar-refractivity contribution is 0.184. The minimum Gasteiger partial charge on any atom is -0.428 e. The second-order valence-electron chi connectivity index (χ2n) is 8.12. The van der Waals surface area contributed by atoms with Gasteiger partial charge in [0.05, 0.1) is 6.54 Å². The lowest BCUT2D eigenvalue weighted by atomic mass is 10.1. The van der Waals surface area contributed by atoms with Gasteiger partial charge in [-0.2, -0.15) is 5.26 Å². The minimum absolute atomic E-state index is 0.347. The third-order valence-electron chi connectivity index (χ3n) is 5.28. The first kappa shape index (κ1) is 30.4. The highest BCUT2D eigenvalue weighted by Gasteiger charge is 2.20. The van der Waals surface area contributed by atoms with Crippen LogP contribution in [-0.4, -0.2) is 55.8 Å². The summed E-state index contributed by atoms with van der Waals surface area (Å²) >= 11 is 0. The number of carbonyl (C=O) groups excluding carboxylic acids is 3. The molecule has 188 valence electrons. The van der Waals surface area contributed by atoms with Gasteiger partial charge in [-0.1, -0.05) is 58.3 Å². The van der Waals surface area contributed by atoms with E-state index in [9.17, 15) is 14.4 Å². The van der Waals surface area contributed by atoms with Crippen LogP contribution >= 0.6 is 0 Å². The van der Waals surface area contributed by atoms with E-state index in [0.717, 1.165) is 57.8 Å². The molecule has 0 heterocycles. The molecule has 0 fully saturated rings. The number of isocyanates is 1. The quantitative estimate of drug-likeness (QED) is 0.107. The topological polar surface area (TPSA) is 124 Å². The van der Waals surface area contributed by atoms with Crippen LogP contribution in [0.3, 0.4) is 0 Å². The number of nitrogens with one attached hydrogen (secondary N) is 2. The molecule has 0 aliphatic heterocycles. The zero-order valence-corrected chi connectivity index (χ0v) is 20.4. The fourth-order valence-corrected chi connectivity index (χ4v) is 3.34. The van der Waals surface area contributed by atoms with Gasteiger partial charge < -0.3 is 15.4 Å². The van der Waals surface area contributed by atoms with Crippen molar-refractivity contribution in [3.05, 3.63) is 0 Å². The molecule has 2 N–H and O–H groups in total. The molecule has 0 aliphatic rings. The van der Waals surface area contributed by atoms with Gasteiger partial charge >= 0.3 is 12.1 Å². The molecule has 0 aromatic carbocycles. The summed E-state index contributed by atoms with van der Waals surface area (Å²) in [5, 5.41) is 14.1. The van der Waals surface area contributed by atoms with Gasteiger partial charge in [0.1, 0.15) is 6.61 Å². The third kappa shape index (κ3) is 19.8. The first-order chi connectivity index (χ1) is 16.2. The van der Waals surface area contributed by atoms with Crippen LogP contribution < -0.4 is 10.6 Å². The van der Waals surface area contributed by atoms with E-state index in [1.807, 2.05) is 0 Å². The number of amides is 4. The maximum atomic E-state index is 12.6. The average molecular weight is 466 g/mol. The Morgan fingerprint density at radius 2 is 1.36 bits per heavy atom. The molecule has 0 saturated heterocycles. The molecule has 0 spiro atoms. The molecule has 0 rings (SSSR count). The molecule has 9 nitrogen and oxygen atoms in total. The van der Waals surface area contributed by atoms with Crippen molar-refractivity contribution < 1.29 is 19.1 Å². The molecule has 4 amide bonds. The van der Waals surface area contributed by atoms with Crippen LogP contribution in [0.15, 0.2) is 4.99 Å². The zero-order valence-electron chi connectivity index (χ0n) is 20.4. The SMILES string of the molecule is CCCCCCCCNC(=O)N(CCCCCCOC#N)C(=O)NCCCCCCN=C=O. The lowest BCUT2D eigenvalue weighted by Crippen LogP contribution is -2.49. The number of urea groups is 2. The molecule has 33 heavy (non-hydrogen) atoms. The normalized spacial score (nSPS) is 10.1. The van der Waals surface area contributed by atoms with Gasteiger partial charge in [0, 0.05) is 19.6 Å². The number of nitrogens with zero attached hydrogens (tertiary/aromatic N) is 3. The van der Waals surface area contributed by atoms with Crippen LogP contribution in [0.25, 0.3) is 0 Å². The van der Waals surface area contributed by atoms with Crippen molar-refractivity contribution >= 4 is 18.1 Å². The Balaban J connectivity index is 4.30. The fraction of sp³-hybridized carbons (Fsp3) is 0.833. The molecule has 0 atom stereocenters. The number of aliphatic imine (C=N–C) groups is 1. The Bertz CT molecular complexity index is 588. The molecule has 9 heteroatoms. The molecular formula is C24H43N5O4. The van der Waals surface area contributed by atoms with Crippen LogP contribution in [-0.2, 0) is 9.53 Å². The molecule has 0 saturated carbocycles. The molecule has 0 aromatic heterocycles. The summed E-state index contributed by atoms with van der Waals surface area (Å²) in [4.78, 5) is 40.0. The number of unbranched alkanes of at least 4 members (excludes halogenated alkanes) is 11. The predicted molar refractivity (Wildman–Crippen MR) is 128 cm³/mol. The van der Waals surface area contributed by atoms with Gasteiger partial charge in [0.15, 0.2) is 0 Å². The second-order valence-corrected chi connectivity index (χ2v) is 8.12. The van der Waals surface area contributed by atoms with Crippen molar-refractivity contribution in [2.75, 3.05) is 32.8 Å². The molecule has 0 aliphatic carbocycles. The number of rotatable bonds is 21. The first-order valence-corrected chi connectivity index (χ1v) is 12.5. The Morgan fingerprint density at radius 3 is 1.97 bits per heavy atom. The van der Waals surface area contributed by atoms with Crippen molar-refractivity contribution in [1.29, 1.82) is 5.26 Å². The summed E-state index contributed by atoms with van der Waals surface area (Å²) in [5.41, 5.74) is 0. The maximum absolute atomic E-state index is 12.6. The summed E-state index contributed by atoms with van der Waals surface area (Å²) in [6, 6.07) is -0.714. The van der Waals surface area contributed by atoms with E-state index in [0.29, 0.717) is 39.2 Å². The Kier molecular flexibility index (Phi) is 22.2. The number of imide groups is 1. The monoisotopic (exact) mass is 465 g/mol. The predicted octanol–water partition coefficient (Wildman–Crippen LogP) is 5.02. The molecule has 0 bridgehead atoms. The highest BCUT2D eigenvalue weighted by atomic mass is 16.5. The van der Waals surface area contributed by atoms with Crippen molar-refractivity contribution in [1.82, 2.24) is 15.5 Å². The van der Waals surface area contributed by atoms with Crippen LogP contribution in [0.1, 0.15) is 96.8 Å². The Hall–Kier alpha value is -2.59. The first-order valence-electron chi connectivity index (χ1n) is 12.5. The van der Waals surface area contributed by atoms with Crippen LogP contribution in [0, 0.1) is 11.5 Å². The van der Waals surface area contributed by atoms with E-state index in [1.54, 1.807) is 6.26 Å². The number of ether oxygens (including phenoxy) is 1. The van der Waals surface area contributed by atoms with Crippen LogP contribution in [0.4, 0.5) is 9.59 Å². The van der Waals surface area contributed by atoms with E-state index in [2.05, 4.69) is 27.3 Å². The average Bonchev–Trinajstić information content (AvgIpc) is 2.81. The van der Waals surface area contributed by atoms with Crippen LogP contribution in [0.2, 0.25) is 0 Å². The summed E-state index contributed by atoms with van der Waals surface area (Å²) in [6.07, 6.45) is 16.7. The second kappa shape index (κ2) is 24.1. The molecule has 0 aromatic rings. The standard InChI is InChI=1S/C24H43N5O4/c1-2-3-4-5-6-12-17-27-23(31)29(19-14-9-10-15-20-33-21-25)24(32)28-18-13-8-7-11-16-26-22-30/h2-20H2,1H3,(H,27,31)(H,28,32). The van der Waals surface area contributed by atoms with Gasteiger partial charge in [-0.05, 0) is 38.5 Å². The van der Waals surface area contributed by atoms with E-state index in [-0.39, 0.29) is 12.1 Å². The van der Waals surface area contributed by atoms with Crippen molar-refractivity contribution in [3.63, 3.8) is 0 Å². The van der Waals surface area contributed by atoms with Gasteiger partial charge in [0.25, 0.3) is 6.26 Å². The smallest absolute Gasteiger partial charge is 0.325 e. The lowest BCUT2D eigenvalue weighted by Gasteiger charge is -2.22. The summed E-state index contributed by atoms with van der Waals surface area (Å²) in [5.74, 6) is 0. The Labute approximate surface area is 199 Å². The van der Waals surface area contributed by atoms with Gasteiger partial charge in [-0.25, -0.2) is 24.3 Å². The number of carbonyl (C=O) groups is 2.